The molecule has 8 heteroatoms. The lowest BCUT2D eigenvalue weighted by molar-refractivity contribution is -0.904. The fourth-order valence-corrected chi connectivity index (χ4v) is 5.13. The van der Waals surface area contributed by atoms with Gasteiger partial charge in [0.2, 0.25) is 5.82 Å². The van der Waals surface area contributed by atoms with Gasteiger partial charge in [-0.1, -0.05) is 84.0 Å². The third-order valence-electron chi connectivity index (χ3n) is 6.87. The van der Waals surface area contributed by atoms with Gasteiger partial charge in [-0.15, -0.1) is 0 Å². The van der Waals surface area contributed by atoms with Crippen molar-refractivity contribution in [3.63, 3.8) is 0 Å². The van der Waals surface area contributed by atoms with Gasteiger partial charge in [0.05, 0.1) is 37.4 Å². The number of likely N-dealkylation sites (N-methyl/N-ethyl adjacent to an activating group) is 1. The lowest BCUT2D eigenvalue weighted by Gasteiger charge is -2.36. The first-order chi connectivity index (χ1) is 16.8. The number of halogens is 2. The van der Waals surface area contributed by atoms with Gasteiger partial charge in [-0.3, -0.25) is 0 Å². The van der Waals surface area contributed by atoms with Crippen LogP contribution in [0.25, 0.3) is 0 Å². The van der Waals surface area contributed by atoms with Crippen molar-refractivity contribution in [2.75, 3.05) is 27.2 Å². The Bertz CT molecular complexity index is 1100. The Hall–Kier alpha value is -1.96. The summed E-state index contributed by atoms with van der Waals surface area (Å²) in [6.45, 7) is 2.36. The van der Waals surface area contributed by atoms with Crippen molar-refractivity contribution in [1.29, 1.82) is 0 Å². The van der Waals surface area contributed by atoms with Crippen molar-refractivity contribution >= 4 is 23.2 Å². The summed E-state index contributed by atoms with van der Waals surface area (Å²) in [6, 6.07) is 15.2. The van der Waals surface area contributed by atoms with E-state index in [1.165, 1.54) is 6.42 Å². The maximum atomic E-state index is 12.0. The molecule has 1 aliphatic rings. The number of rotatable bonds is 10. The fourth-order valence-electron chi connectivity index (χ4n) is 4.81. The molecule has 1 N–H and O–H groups in total. The topological polar surface area (TPSA) is 68.4 Å². The van der Waals surface area contributed by atoms with Gasteiger partial charge in [0, 0.05) is 5.92 Å². The van der Waals surface area contributed by atoms with E-state index in [-0.39, 0.29) is 5.92 Å². The third kappa shape index (κ3) is 6.43. The Balaban J connectivity index is 1.40. The zero-order valence-corrected chi connectivity index (χ0v) is 21.9. The quantitative estimate of drug-likeness (QED) is 0.264. The maximum absolute atomic E-state index is 12.0. The normalized spacial score (nSPS) is 16.8. The molecule has 1 heterocycles. The molecule has 1 saturated carbocycles. The minimum Gasteiger partial charge on any atom is -0.375 e. The molecule has 188 valence electrons. The van der Waals surface area contributed by atoms with E-state index in [1.807, 2.05) is 42.5 Å². The van der Waals surface area contributed by atoms with E-state index in [4.69, 9.17) is 37.4 Å². The minimum absolute atomic E-state index is 0.0595. The molecule has 0 radical (unpaired) electrons. The second kappa shape index (κ2) is 11.4. The standard InChI is InChI=1S/C27H34Cl2N3O3/c1-32(2,15-16-34-19-20-13-14-23(28)24(29)17-20)18-25-30-26(35-31-25)27(33,21-9-5-3-6-10-21)22-11-7-4-8-12-22/h3,5-6,9-10,13-14,17,22,33H,4,7-8,11-12,15-16,18-19H2,1-2H3/q+1. The second-order valence-electron chi connectivity index (χ2n) is 10.1. The number of nitrogens with zero attached hydrogens (tertiary/aromatic N) is 3. The molecule has 0 saturated heterocycles. The zero-order valence-electron chi connectivity index (χ0n) is 20.4. The Morgan fingerprint density at radius 3 is 2.51 bits per heavy atom. The van der Waals surface area contributed by atoms with Gasteiger partial charge in [0.1, 0.15) is 13.1 Å². The summed E-state index contributed by atoms with van der Waals surface area (Å²) in [5.74, 6) is 0.935. The highest BCUT2D eigenvalue weighted by Gasteiger charge is 2.45. The van der Waals surface area contributed by atoms with Crippen LogP contribution in [-0.2, 0) is 23.5 Å². The molecular formula is C27H34Cl2N3O3+. The van der Waals surface area contributed by atoms with E-state index in [0.717, 1.165) is 43.4 Å². The SMILES string of the molecule is C[N+](C)(CCOCc1ccc(Cl)c(Cl)c1)Cc1noc(C(O)(c2ccccc2)C2CCCCC2)n1. The number of hydrogen-bond acceptors (Lipinski definition) is 5. The minimum atomic E-state index is -1.27. The number of quaternary nitrogens is 1. The molecule has 3 aromatic rings. The number of aliphatic hydroxyl groups is 1. The smallest absolute Gasteiger partial charge is 0.263 e. The van der Waals surface area contributed by atoms with Crippen molar-refractivity contribution in [3.05, 3.63) is 81.4 Å². The van der Waals surface area contributed by atoms with Gasteiger partial charge >= 0.3 is 0 Å². The summed E-state index contributed by atoms with van der Waals surface area (Å²) in [7, 11) is 4.20. The van der Waals surface area contributed by atoms with Crippen LogP contribution in [0.15, 0.2) is 53.1 Å². The van der Waals surface area contributed by atoms with E-state index in [9.17, 15) is 5.11 Å². The first-order valence-electron chi connectivity index (χ1n) is 12.2. The molecule has 1 aliphatic carbocycles. The number of ether oxygens (including phenoxy) is 1. The van der Waals surface area contributed by atoms with Crippen LogP contribution in [-0.4, -0.2) is 47.0 Å². The van der Waals surface area contributed by atoms with Crippen LogP contribution in [0.2, 0.25) is 10.0 Å². The molecule has 0 amide bonds. The van der Waals surface area contributed by atoms with Gasteiger partial charge in [-0.25, -0.2) is 0 Å². The summed E-state index contributed by atoms with van der Waals surface area (Å²) >= 11 is 12.1. The molecule has 2 aromatic carbocycles. The second-order valence-corrected chi connectivity index (χ2v) is 10.9. The van der Waals surface area contributed by atoms with Crippen LogP contribution in [0.5, 0.6) is 0 Å². The van der Waals surface area contributed by atoms with Crippen LogP contribution in [0.4, 0.5) is 0 Å². The largest absolute Gasteiger partial charge is 0.375 e. The average Bonchev–Trinajstić information content (AvgIpc) is 3.33. The van der Waals surface area contributed by atoms with Crippen LogP contribution in [0.3, 0.4) is 0 Å². The highest BCUT2D eigenvalue weighted by molar-refractivity contribution is 6.42. The van der Waals surface area contributed by atoms with Gasteiger partial charge in [0.15, 0.2) is 5.60 Å². The summed E-state index contributed by atoms with van der Waals surface area (Å²) in [4.78, 5) is 4.70. The third-order valence-corrected chi connectivity index (χ3v) is 7.61. The van der Waals surface area contributed by atoms with Crippen LogP contribution >= 0.6 is 23.2 Å². The Kier molecular flexibility index (Phi) is 8.50. The predicted octanol–water partition coefficient (Wildman–Crippen LogP) is 5.99. The molecule has 1 fully saturated rings. The molecule has 1 aromatic heterocycles. The van der Waals surface area contributed by atoms with E-state index in [1.54, 1.807) is 6.07 Å². The Labute approximate surface area is 217 Å². The number of aromatic nitrogens is 2. The Morgan fingerprint density at radius 1 is 1.06 bits per heavy atom. The van der Waals surface area contributed by atoms with Crippen molar-refractivity contribution in [3.8, 4) is 0 Å². The van der Waals surface area contributed by atoms with Crippen LogP contribution in [0.1, 0.15) is 54.9 Å². The van der Waals surface area contributed by atoms with Crippen molar-refractivity contribution < 1.29 is 18.8 Å². The van der Waals surface area contributed by atoms with Crippen LogP contribution in [0, 0.1) is 5.92 Å². The highest BCUT2D eigenvalue weighted by atomic mass is 35.5. The van der Waals surface area contributed by atoms with Crippen molar-refractivity contribution in [2.45, 2.75) is 50.9 Å². The van der Waals surface area contributed by atoms with Crippen LogP contribution < -0.4 is 0 Å². The molecule has 6 nitrogen and oxygen atoms in total. The fraction of sp³-hybridized carbons (Fsp3) is 0.481. The average molecular weight is 519 g/mol. The summed E-state index contributed by atoms with van der Waals surface area (Å²) < 4.78 is 12.2. The van der Waals surface area contributed by atoms with E-state index in [0.29, 0.717) is 46.0 Å². The molecule has 0 aliphatic heterocycles. The van der Waals surface area contributed by atoms with E-state index >= 15 is 0 Å². The maximum Gasteiger partial charge on any atom is 0.263 e. The number of benzene rings is 2. The summed E-state index contributed by atoms with van der Waals surface area (Å²) in [5.41, 5.74) is 0.523. The molecule has 1 atom stereocenters. The predicted molar refractivity (Wildman–Crippen MR) is 137 cm³/mol. The lowest BCUT2D eigenvalue weighted by atomic mass is 9.73. The van der Waals surface area contributed by atoms with Crippen molar-refractivity contribution in [2.24, 2.45) is 5.92 Å². The van der Waals surface area contributed by atoms with Gasteiger partial charge in [-0.05, 0) is 36.1 Å². The highest BCUT2D eigenvalue weighted by Crippen LogP contribution is 2.43. The lowest BCUT2D eigenvalue weighted by Crippen LogP contribution is -2.42. The van der Waals surface area contributed by atoms with E-state index in [2.05, 4.69) is 19.3 Å². The monoisotopic (exact) mass is 518 g/mol. The summed E-state index contributed by atoms with van der Waals surface area (Å²) in [6.07, 6.45) is 5.30. The van der Waals surface area contributed by atoms with Gasteiger partial charge < -0.3 is 18.8 Å². The molecule has 35 heavy (non-hydrogen) atoms. The first kappa shape index (κ1) is 26.1. The van der Waals surface area contributed by atoms with Gasteiger partial charge in [0.25, 0.3) is 5.89 Å². The molecule has 0 bridgehead atoms. The zero-order chi connectivity index (χ0) is 24.9. The summed E-state index contributed by atoms with van der Waals surface area (Å²) in [5, 5.41) is 17.3. The molecular weight excluding hydrogens is 485 g/mol. The van der Waals surface area contributed by atoms with E-state index < -0.39 is 5.60 Å². The van der Waals surface area contributed by atoms with Gasteiger partial charge in [-0.2, -0.15) is 4.98 Å². The number of hydrogen-bond donors (Lipinski definition) is 1. The Morgan fingerprint density at radius 2 is 1.80 bits per heavy atom. The molecule has 0 spiro atoms. The molecule has 1 unspecified atom stereocenters. The first-order valence-corrected chi connectivity index (χ1v) is 13.0. The molecule has 4 rings (SSSR count). The van der Waals surface area contributed by atoms with Crippen molar-refractivity contribution in [1.82, 2.24) is 10.1 Å².